The first kappa shape index (κ1) is 52.4. The van der Waals surface area contributed by atoms with Crippen LogP contribution in [-0.2, 0) is 53.1 Å². The highest BCUT2D eigenvalue weighted by atomic mass is 33.1. The van der Waals surface area contributed by atoms with Gasteiger partial charge in [-0.2, -0.15) is 4.98 Å². The van der Waals surface area contributed by atoms with E-state index in [0.29, 0.717) is 11.3 Å². The Morgan fingerprint density at radius 1 is 0.985 bits per heavy atom. The zero-order chi connectivity index (χ0) is 49.7. The van der Waals surface area contributed by atoms with Gasteiger partial charge in [0.1, 0.15) is 60.8 Å². The van der Waals surface area contributed by atoms with Crippen molar-refractivity contribution in [1.82, 2.24) is 34.0 Å². The molecule has 0 spiro atoms. The third kappa shape index (κ3) is 13.2. The molecule has 0 radical (unpaired) electrons. The number of nitrogen functional groups attached to an aromatic ring is 2. The van der Waals surface area contributed by atoms with Crippen molar-refractivity contribution in [1.29, 1.82) is 0 Å². The number of esters is 1. The minimum absolute atomic E-state index is 0.0293. The number of hydrogen-bond donors (Lipinski definition) is 7. The van der Waals surface area contributed by atoms with E-state index in [-0.39, 0.29) is 39.9 Å². The molecule has 1 unspecified atom stereocenters. The third-order valence-corrected chi connectivity index (χ3v) is 14.5. The third-order valence-electron chi connectivity index (χ3n) is 9.74. The van der Waals surface area contributed by atoms with Gasteiger partial charge in [0.2, 0.25) is 0 Å². The smallest absolute Gasteiger partial charge is 0.455 e. The van der Waals surface area contributed by atoms with E-state index in [1.807, 2.05) is 20.8 Å². The molecule has 0 aliphatic carbocycles. The summed E-state index contributed by atoms with van der Waals surface area (Å²) in [4.78, 5) is 89.6. The van der Waals surface area contributed by atoms with Gasteiger partial charge in [-0.05, 0) is 17.2 Å². The van der Waals surface area contributed by atoms with Gasteiger partial charge in [0.15, 0.2) is 30.0 Å². The lowest BCUT2D eigenvalue weighted by molar-refractivity contribution is -0.161. The highest BCUT2D eigenvalue weighted by molar-refractivity contribution is 8.77. The van der Waals surface area contributed by atoms with Gasteiger partial charge >= 0.3 is 33.4 Å². The molecule has 5 heterocycles. The fourth-order valence-corrected chi connectivity index (χ4v) is 10.4. The molecule has 10 atom stereocenters. The van der Waals surface area contributed by atoms with Gasteiger partial charge in [-0.3, -0.25) is 27.6 Å². The van der Waals surface area contributed by atoms with Gasteiger partial charge in [0, 0.05) is 34.3 Å². The van der Waals surface area contributed by atoms with Crippen LogP contribution < -0.4 is 17.2 Å². The number of fused-ring (bicyclic) bond motifs is 1. The summed E-state index contributed by atoms with van der Waals surface area (Å²) in [5.41, 5.74) is 20.2. The summed E-state index contributed by atoms with van der Waals surface area (Å²) in [5, 5.41) is 26.5. The second-order valence-electron chi connectivity index (χ2n) is 15.8. The van der Waals surface area contributed by atoms with E-state index in [4.69, 9.17) is 45.0 Å². The van der Waals surface area contributed by atoms with Gasteiger partial charge in [0.25, 0.3) is 0 Å². The van der Waals surface area contributed by atoms with Crippen molar-refractivity contribution < 1.29 is 76.1 Å². The van der Waals surface area contributed by atoms with E-state index < -0.39 is 102 Å². The highest BCUT2D eigenvalue weighted by Crippen LogP contribution is 2.50. The Hall–Kier alpha value is -4.94. The summed E-state index contributed by atoms with van der Waals surface area (Å²) in [6.07, 6.45) is -11.7. The number of rotatable bonds is 19. The van der Waals surface area contributed by atoms with Crippen LogP contribution in [0.1, 0.15) is 38.8 Å². The van der Waals surface area contributed by atoms with Crippen LogP contribution in [-0.4, -0.2) is 144 Å². The molecule has 1 amide bonds. The molecule has 3 aromatic heterocycles. The predicted octanol–water partition coefficient (Wildman–Crippen LogP) is 2.05. The number of phosphoric acid groups is 2. The molecule has 33 heteroatoms. The van der Waals surface area contributed by atoms with Crippen LogP contribution in [0.4, 0.5) is 22.1 Å². The number of hydrogen-bond acceptors (Lipinski definition) is 23. The molecule has 2 fully saturated rings. The number of carbonyl (C=O) groups excluding carboxylic acids is 2. The maximum absolute atomic E-state index is 14.3. The predicted molar refractivity (Wildman–Crippen MR) is 238 cm³/mol. The molecule has 370 valence electrons. The van der Waals surface area contributed by atoms with E-state index in [9.17, 15) is 48.4 Å². The SMILES string of the molecule is CN(C(=O)OCc1ccc(N=[N+]=[N-])cc1)[C@H](CSSC(C)(C)C)C(=O)O[C@H]1[C@@H](O)[C@H](n2cnc3c(N)ncnc32)O[C@@H]1COP(=O)(O)O[C@H]1[C@@H](O)[C@H](n2ccc(N)nc2=O)O[C@@H]1COP(=O)(O)O. The van der Waals surface area contributed by atoms with Crippen LogP contribution in [0, 0.1) is 0 Å². The van der Waals surface area contributed by atoms with Crippen molar-refractivity contribution in [2.45, 2.75) is 87.2 Å². The van der Waals surface area contributed by atoms with Crippen molar-refractivity contribution >= 4 is 77.8 Å². The number of carbonyl (C=O) groups is 2. The van der Waals surface area contributed by atoms with Crippen LogP contribution in [0.15, 0.2) is 59.1 Å². The van der Waals surface area contributed by atoms with Gasteiger partial charge in [0.05, 0.1) is 19.5 Å². The summed E-state index contributed by atoms with van der Waals surface area (Å²) in [6, 6.07) is 5.95. The zero-order valence-electron chi connectivity index (χ0n) is 36.1. The van der Waals surface area contributed by atoms with Crippen molar-refractivity contribution in [3.8, 4) is 0 Å². The summed E-state index contributed by atoms with van der Waals surface area (Å²) in [6.45, 7) is 3.50. The maximum atomic E-state index is 14.3. The molecule has 68 heavy (non-hydrogen) atoms. The van der Waals surface area contributed by atoms with Crippen molar-refractivity contribution in [2.75, 3.05) is 37.5 Å². The van der Waals surface area contributed by atoms with E-state index in [0.717, 1.165) is 22.0 Å². The summed E-state index contributed by atoms with van der Waals surface area (Å²) in [7, 11) is -6.75. The number of likely N-dealkylation sites (N-methyl/N-ethyl adjacent to an activating group) is 1. The van der Waals surface area contributed by atoms with E-state index in [1.165, 1.54) is 57.7 Å². The van der Waals surface area contributed by atoms with Crippen molar-refractivity contribution in [3.63, 3.8) is 0 Å². The number of anilines is 2. The number of nitrogens with zero attached hydrogens (tertiary/aromatic N) is 10. The minimum Gasteiger partial charge on any atom is -0.455 e. The summed E-state index contributed by atoms with van der Waals surface area (Å²) >= 11 is 0. The average molecular weight is 1030 g/mol. The Morgan fingerprint density at radius 2 is 1.63 bits per heavy atom. The molecule has 6 rings (SSSR count). The Balaban J connectivity index is 1.24. The van der Waals surface area contributed by atoms with Crippen LogP contribution >= 0.6 is 37.2 Å². The van der Waals surface area contributed by atoms with Gasteiger partial charge in [-0.15, -0.1) is 0 Å². The molecule has 2 aliphatic rings. The topological polar surface area (TPSA) is 417 Å². The second kappa shape index (κ2) is 21.8. The van der Waals surface area contributed by atoms with Gasteiger partial charge in [-0.25, -0.2) is 38.5 Å². The summed E-state index contributed by atoms with van der Waals surface area (Å²) < 4.78 is 65.1. The first-order valence-corrected chi connectivity index (χ1v) is 25.1. The Kier molecular flexibility index (Phi) is 16.8. The summed E-state index contributed by atoms with van der Waals surface area (Å²) in [5.74, 6) is -1.37. The molecular weight excluding hydrogens is 987 g/mol. The molecule has 0 saturated carbocycles. The number of aromatic nitrogens is 6. The van der Waals surface area contributed by atoms with Crippen LogP contribution in [0.5, 0.6) is 0 Å². The van der Waals surface area contributed by atoms with Gasteiger partial charge < -0.3 is 55.3 Å². The lowest BCUT2D eigenvalue weighted by Gasteiger charge is -2.29. The van der Waals surface area contributed by atoms with E-state index in [2.05, 4.69) is 34.5 Å². The molecular formula is C35H46N12O17P2S2. The largest absolute Gasteiger partial charge is 0.472 e. The zero-order valence-corrected chi connectivity index (χ0v) is 39.5. The van der Waals surface area contributed by atoms with E-state index in [1.54, 1.807) is 12.1 Å². The number of benzene rings is 1. The monoisotopic (exact) mass is 1030 g/mol. The van der Waals surface area contributed by atoms with Crippen LogP contribution in [0.25, 0.3) is 21.6 Å². The fourth-order valence-electron chi connectivity index (χ4n) is 6.55. The van der Waals surface area contributed by atoms with Crippen molar-refractivity contribution in [3.05, 3.63) is 75.7 Å². The molecule has 9 N–H and O–H groups in total. The molecule has 2 aliphatic heterocycles. The number of phosphoric ester groups is 2. The number of ether oxygens (including phenoxy) is 4. The second-order valence-corrected chi connectivity index (χ2v) is 21.6. The molecule has 2 saturated heterocycles. The highest BCUT2D eigenvalue weighted by Gasteiger charge is 2.52. The lowest BCUT2D eigenvalue weighted by Crippen LogP contribution is -2.48. The number of aliphatic hydroxyl groups excluding tert-OH is 2. The first-order valence-electron chi connectivity index (χ1n) is 19.8. The quantitative estimate of drug-likeness (QED) is 0.0176. The minimum atomic E-state index is -5.46. The number of nitrogens with two attached hydrogens (primary N) is 2. The first-order chi connectivity index (χ1) is 31.9. The fraction of sp³-hybridized carbons (Fsp3) is 0.514. The van der Waals surface area contributed by atoms with Crippen LogP contribution in [0.2, 0.25) is 0 Å². The number of azide groups is 1. The maximum Gasteiger partial charge on any atom is 0.472 e. The van der Waals surface area contributed by atoms with Crippen LogP contribution in [0.3, 0.4) is 0 Å². The Labute approximate surface area is 392 Å². The normalized spacial score (nSPS) is 24.2. The Bertz CT molecular complexity index is 2650. The Morgan fingerprint density at radius 3 is 2.28 bits per heavy atom. The molecule has 1 aromatic carbocycles. The molecule has 29 nitrogen and oxygen atoms in total. The van der Waals surface area contributed by atoms with Crippen molar-refractivity contribution in [2.24, 2.45) is 5.11 Å². The molecule has 0 bridgehead atoms. The average Bonchev–Trinajstić information content (AvgIpc) is 3.92. The number of imidazole rings is 1. The molecule has 4 aromatic rings. The lowest BCUT2D eigenvalue weighted by atomic mass is 10.1. The number of aliphatic hydroxyl groups is 2. The van der Waals surface area contributed by atoms with Gasteiger partial charge in [-0.1, -0.05) is 71.7 Å². The number of amides is 1. The standard InChI is InChI=1S/C35H46N12O17P2S2/c1-35(2,3)68-67-14-19(45(4)34(52)58-11-17-5-7-18(8-6-17)43-44-38)32(50)63-26-20(61-31(24(26)48)47-16-41-23-28(37)39-15-40-29(23)47)13-60-66(56,57)64-27-21(12-59-65(53,54)55)62-30(25(27)49)46-10-9-22(36)42-33(46)51/h5-10,15-16,19-21,24-27,30-31,48-49H,11-14H2,1-4H3,(H,56,57)(H2,36,42,51)(H2,37,39,40)(H2,53,54,55)/t19-,20-,21-,24-,25-,26-,27-,30-,31-/m1/s1. The van der Waals surface area contributed by atoms with E-state index >= 15 is 0 Å².